The van der Waals surface area contributed by atoms with Crippen molar-refractivity contribution in [1.29, 1.82) is 0 Å². The van der Waals surface area contributed by atoms with Crippen molar-refractivity contribution in [3.63, 3.8) is 0 Å². The van der Waals surface area contributed by atoms with Gasteiger partial charge in [-0.05, 0) is 97.9 Å². The maximum absolute atomic E-state index is 14.6. The van der Waals surface area contributed by atoms with E-state index in [1.165, 1.54) is 25.7 Å². The van der Waals surface area contributed by atoms with Crippen molar-refractivity contribution in [2.24, 2.45) is 23.7 Å². The molecule has 7 atom stereocenters. The predicted octanol–water partition coefficient (Wildman–Crippen LogP) is 11.3. The summed E-state index contributed by atoms with van der Waals surface area (Å²) in [6.07, 6.45) is 8.44. The van der Waals surface area contributed by atoms with Crippen LogP contribution in [0.5, 0.6) is 0 Å². The molecule has 3 aromatic carbocycles. The molecule has 17 nitrogen and oxygen atoms in total. The van der Waals surface area contributed by atoms with Gasteiger partial charge in [0.15, 0.2) is 0 Å². The van der Waals surface area contributed by atoms with E-state index in [1.54, 1.807) is 41.5 Å². The van der Waals surface area contributed by atoms with Crippen molar-refractivity contribution in [2.75, 3.05) is 6.61 Å². The number of unbranched alkanes of at least 4 members (excludes halogenated alkanes) is 8. The lowest BCUT2D eigenvalue weighted by molar-refractivity contribution is -0.160. The molecule has 17 heteroatoms. The number of benzene rings is 3. The number of hydrogen-bond acceptors (Lipinski definition) is 12. The number of amides is 5. The van der Waals surface area contributed by atoms with Gasteiger partial charge in [-0.25, -0.2) is 9.59 Å². The van der Waals surface area contributed by atoms with Crippen LogP contribution in [0.2, 0.25) is 0 Å². The quantitative estimate of drug-likeness (QED) is 0.0208. The number of carbonyl (C=O) groups excluding carboxylic acids is 8. The standard InChI is InChI=1S/C67H99N5O12/c1-13-15-16-17-18-19-20-21-25-32-48(39-57(73)81-41-47-30-23-22-24-31-47)83-65(79)60(46(9)14-2)72-62(76)54(37-43(3)4)68-61(75)56(40-58(74)84-67(10,11)12)69-64(78)59(45(7)8)71-63(77)55(38-44(5)6)70-66(80)82-42-53-51-35-28-26-33-49(51)50-34-27-29-36-52(50)53/h22-24,26-31,33-36,43-46,48,53-56,59-60H,13-21,25,32,37-42H2,1-12H3,(H,68,75)(H,69,78)(H,70,80)(H,71,77)(H,72,76)/t46-,48?,54-,55+,56-,59-,60-/m0/s1. The summed E-state index contributed by atoms with van der Waals surface area (Å²) >= 11 is 0. The Bertz CT molecular complexity index is 2530. The summed E-state index contributed by atoms with van der Waals surface area (Å²) in [6.45, 7) is 21.8. The van der Waals surface area contributed by atoms with Gasteiger partial charge < -0.3 is 45.5 Å². The molecular formula is C67H99N5O12. The SMILES string of the molecule is CCCCCCCCCCCC(CC(=O)OCc1ccccc1)OC(=O)[C@@H](NC(=O)[C@H](CC(C)C)NC(=O)[C@H](CC(=O)OC(C)(C)C)NC(=O)[C@@H](NC(=O)[C@@H](CC(C)C)NC(=O)OCC1c2ccccc2-c2ccccc21)C(C)C)[C@@H](C)CC. The lowest BCUT2D eigenvalue weighted by Gasteiger charge is -2.30. The van der Waals surface area contributed by atoms with Crippen LogP contribution in [-0.4, -0.2) is 96.2 Å². The van der Waals surface area contributed by atoms with Gasteiger partial charge in [0.05, 0.1) is 12.8 Å². The molecule has 5 amide bonds. The van der Waals surface area contributed by atoms with Crippen LogP contribution in [0.3, 0.4) is 0 Å². The van der Waals surface area contributed by atoms with Gasteiger partial charge in [-0.3, -0.25) is 28.8 Å². The molecule has 0 aliphatic heterocycles. The minimum absolute atomic E-state index is 0.0220. The fourth-order valence-corrected chi connectivity index (χ4v) is 10.3. The molecule has 3 aromatic rings. The zero-order valence-electron chi connectivity index (χ0n) is 52.3. The van der Waals surface area contributed by atoms with Crippen molar-refractivity contribution in [3.8, 4) is 11.1 Å². The van der Waals surface area contributed by atoms with Gasteiger partial charge in [0.25, 0.3) is 0 Å². The van der Waals surface area contributed by atoms with Crippen LogP contribution in [0.15, 0.2) is 78.9 Å². The van der Waals surface area contributed by atoms with Crippen LogP contribution >= 0.6 is 0 Å². The molecule has 0 heterocycles. The highest BCUT2D eigenvalue weighted by Crippen LogP contribution is 2.44. The van der Waals surface area contributed by atoms with E-state index in [-0.39, 0.29) is 50.2 Å². The molecule has 4 rings (SSSR count). The smallest absolute Gasteiger partial charge is 0.407 e. The Balaban J connectivity index is 1.50. The Hall–Kier alpha value is -6.78. The van der Waals surface area contributed by atoms with Crippen molar-refractivity contribution < 1.29 is 57.3 Å². The molecule has 0 saturated heterocycles. The second-order valence-corrected chi connectivity index (χ2v) is 24.8. The lowest BCUT2D eigenvalue weighted by Crippen LogP contribution is -2.60. The Labute approximate surface area is 500 Å². The zero-order valence-corrected chi connectivity index (χ0v) is 52.3. The number of ether oxygens (including phenoxy) is 4. The topological polar surface area (TPSA) is 234 Å². The van der Waals surface area contributed by atoms with Gasteiger partial charge in [0.1, 0.15) is 55.1 Å². The Morgan fingerprint density at radius 1 is 0.524 bits per heavy atom. The first kappa shape index (κ1) is 69.7. The highest BCUT2D eigenvalue weighted by Gasteiger charge is 2.38. The fraction of sp³-hybridized carbons (Fsp3) is 0.612. The second kappa shape index (κ2) is 35.5. The van der Waals surface area contributed by atoms with Gasteiger partial charge >= 0.3 is 24.0 Å². The number of carbonyl (C=O) groups is 8. The minimum Gasteiger partial charge on any atom is -0.461 e. The van der Waals surface area contributed by atoms with Crippen LogP contribution in [0.25, 0.3) is 11.1 Å². The average Bonchev–Trinajstić information content (AvgIpc) is 3.99. The summed E-state index contributed by atoms with van der Waals surface area (Å²) < 4.78 is 23.1. The summed E-state index contributed by atoms with van der Waals surface area (Å²) in [4.78, 5) is 112. The largest absolute Gasteiger partial charge is 0.461 e. The third-order valence-electron chi connectivity index (χ3n) is 15.0. The maximum Gasteiger partial charge on any atom is 0.407 e. The van der Waals surface area contributed by atoms with Crippen molar-refractivity contribution in [2.45, 2.75) is 234 Å². The number of rotatable bonds is 36. The van der Waals surface area contributed by atoms with E-state index in [0.29, 0.717) is 19.3 Å². The minimum atomic E-state index is -1.60. The molecule has 1 aliphatic carbocycles. The van der Waals surface area contributed by atoms with Gasteiger partial charge in [-0.15, -0.1) is 0 Å². The van der Waals surface area contributed by atoms with Gasteiger partial charge in [0, 0.05) is 5.92 Å². The Kier molecular flexibility index (Phi) is 29.5. The van der Waals surface area contributed by atoms with Crippen LogP contribution in [0, 0.1) is 23.7 Å². The van der Waals surface area contributed by atoms with Crippen molar-refractivity contribution in [3.05, 3.63) is 95.6 Å². The van der Waals surface area contributed by atoms with Crippen molar-refractivity contribution in [1.82, 2.24) is 26.6 Å². The number of nitrogens with one attached hydrogen (secondary N) is 5. The molecule has 0 bridgehead atoms. The highest BCUT2D eigenvalue weighted by molar-refractivity contribution is 5.97. The predicted molar refractivity (Wildman–Crippen MR) is 326 cm³/mol. The molecule has 1 unspecified atom stereocenters. The number of alkyl carbamates (subject to hydrolysis) is 1. The first-order valence-electron chi connectivity index (χ1n) is 30.9. The molecule has 0 radical (unpaired) electrons. The average molecular weight is 1170 g/mol. The summed E-state index contributed by atoms with van der Waals surface area (Å²) in [5.74, 6) is -6.59. The first-order chi connectivity index (χ1) is 39.9. The Morgan fingerprint density at radius 2 is 1.02 bits per heavy atom. The van der Waals surface area contributed by atoms with Crippen molar-refractivity contribution >= 4 is 47.6 Å². The normalized spacial score (nSPS) is 14.6. The van der Waals surface area contributed by atoms with Gasteiger partial charge in [0.2, 0.25) is 23.6 Å². The summed E-state index contributed by atoms with van der Waals surface area (Å²) in [6, 6.07) is 18.8. The van der Waals surface area contributed by atoms with Crippen LogP contribution in [-0.2, 0) is 59.1 Å². The van der Waals surface area contributed by atoms with E-state index in [0.717, 1.165) is 53.5 Å². The summed E-state index contributed by atoms with van der Waals surface area (Å²) in [5, 5.41) is 13.8. The molecule has 0 spiro atoms. The maximum atomic E-state index is 14.6. The lowest BCUT2D eigenvalue weighted by atomic mass is 9.97. The van der Waals surface area contributed by atoms with Crippen LogP contribution < -0.4 is 26.6 Å². The molecule has 0 fully saturated rings. The van der Waals surface area contributed by atoms with Gasteiger partial charge in [-0.2, -0.15) is 0 Å². The van der Waals surface area contributed by atoms with E-state index in [4.69, 9.17) is 18.9 Å². The molecule has 0 saturated carbocycles. The van der Waals surface area contributed by atoms with E-state index in [9.17, 15) is 38.4 Å². The second-order valence-electron chi connectivity index (χ2n) is 24.8. The molecule has 84 heavy (non-hydrogen) atoms. The van der Waals surface area contributed by atoms with E-state index in [1.807, 2.05) is 113 Å². The number of hydrogen-bond donors (Lipinski definition) is 5. The Morgan fingerprint density at radius 3 is 1.56 bits per heavy atom. The molecule has 1 aliphatic rings. The third kappa shape index (κ3) is 24.1. The van der Waals surface area contributed by atoms with E-state index in [2.05, 4.69) is 33.5 Å². The first-order valence-corrected chi connectivity index (χ1v) is 30.9. The third-order valence-corrected chi connectivity index (χ3v) is 15.0. The monoisotopic (exact) mass is 1170 g/mol. The van der Waals surface area contributed by atoms with Gasteiger partial charge in [-0.1, -0.05) is 199 Å². The molecule has 0 aromatic heterocycles. The van der Waals surface area contributed by atoms with E-state index < -0.39 is 108 Å². The zero-order chi connectivity index (χ0) is 61.9. The fourth-order valence-electron chi connectivity index (χ4n) is 10.3. The van der Waals surface area contributed by atoms with Crippen LogP contribution in [0.4, 0.5) is 4.79 Å². The number of esters is 3. The summed E-state index contributed by atoms with van der Waals surface area (Å²) in [7, 11) is 0. The summed E-state index contributed by atoms with van der Waals surface area (Å²) in [5.41, 5.74) is 4.04. The van der Waals surface area contributed by atoms with E-state index >= 15 is 0 Å². The molecular weight excluding hydrogens is 1070 g/mol. The molecule has 5 N–H and O–H groups in total. The molecule has 464 valence electrons. The number of fused-ring (bicyclic) bond motifs is 3. The van der Waals surface area contributed by atoms with Crippen LogP contribution in [0.1, 0.15) is 202 Å². The highest BCUT2D eigenvalue weighted by atomic mass is 16.6.